The van der Waals surface area contributed by atoms with Crippen LogP contribution in [0, 0.1) is 11.8 Å². The van der Waals surface area contributed by atoms with Gasteiger partial charge in [0.2, 0.25) is 5.91 Å². The summed E-state index contributed by atoms with van der Waals surface area (Å²) in [5.74, 6) is 2.01. The van der Waals surface area contributed by atoms with Crippen LogP contribution in [-0.4, -0.2) is 80.2 Å². The molecule has 172 valence electrons. The molecule has 2 fully saturated rings. The molecule has 0 aliphatic carbocycles. The summed E-state index contributed by atoms with van der Waals surface area (Å²) in [7, 11) is 3.52. The monoisotopic (exact) mass is 423 g/mol. The van der Waals surface area contributed by atoms with Gasteiger partial charge >= 0.3 is 6.09 Å². The number of ether oxygens (including phenoxy) is 1. The van der Waals surface area contributed by atoms with Crippen molar-refractivity contribution in [2.45, 2.75) is 64.9 Å². The van der Waals surface area contributed by atoms with E-state index in [-0.39, 0.29) is 12.0 Å². The predicted molar refractivity (Wildman–Crippen MR) is 119 cm³/mol. The summed E-state index contributed by atoms with van der Waals surface area (Å²) in [6.45, 7) is 9.97. The number of piperidine rings is 2. The Morgan fingerprint density at radius 2 is 1.77 bits per heavy atom. The first kappa shape index (κ1) is 24.3. The standard InChI is InChI=1S/C22H41N5O3/c1-22(2,3)30-21(29)27-12-6-7-18(16-27)8-11-25-20(24-5)26-13-9-17(10-14-26)15-19(28)23-4/h17-18H,6-16H2,1-5H3,(H,23,28)(H,24,25). The van der Waals surface area contributed by atoms with Gasteiger partial charge in [-0.05, 0) is 64.7 Å². The Balaban J connectivity index is 1.72. The van der Waals surface area contributed by atoms with Crippen LogP contribution in [0.4, 0.5) is 4.79 Å². The molecule has 0 aromatic rings. The molecule has 2 rings (SSSR count). The second-order valence-corrected chi connectivity index (χ2v) is 9.51. The predicted octanol–water partition coefficient (Wildman–Crippen LogP) is 2.45. The lowest BCUT2D eigenvalue weighted by Crippen LogP contribution is -2.47. The van der Waals surface area contributed by atoms with Crippen molar-refractivity contribution in [1.82, 2.24) is 20.4 Å². The molecule has 2 heterocycles. The minimum absolute atomic E-state index is 0.129. The maximum atomic E-state index is 12.3. The van der Waals surface area contributed by atoms with Crippen molar-refractivity contribution < 1.29 is 14.3 Å². The Morgan fingerprint density at radius 3 is 2.37 bits per heavy atom. The van der Waals surface area contributed by atoms with E-state index < -0.39 is 5.60 Å². The Bertz CT molecular complexity index is 594. The molecule has 0 saturated carbocycles. The molecule has 8 heteroatoms. The van der Waals surface area contributed by atoms with Gasteiger partial charge < -0.3 is 25.2 Å². The van der Waals surface area contributed by atoms with E-state index >= 15 is 0 Å². The molecule has 1 atom stereocenters. The highest BCUT2D eigenvalue weighted by Crippen LogP contribution is 2.22. The largest absolute Gasteiger partial charge is 0.444 e. The summed E-state index contributed by atoms with van der Waals surface area (Å²) >= 11 is 0. The van der Waals surface area contributed by atoms with E-state index in [2.05, 4.69) is 20.5 Å². The van der Waals surface area contributed by atoms with E-state index in [1.54, 1.807) is 7.05 Å². The molecule has 0 aromatic heterocycles. The number of nitrogens with zero attached hydrogens (tertiary/aromatic N) is 3. The summed E-state index contributed by atoms with van der Waals surface area (Å²) < 4.78 is 5.53. The van der Waals surface area contributed by atoms with Gasteiger partial charge in [0.05, 0.1) is 0 Å². The number of aliphatic imine (C=N–C) groups is 1. The SMILES string of the molecule is CN=C(NCCC1CCCN(C(=O)OC(C)(C)C)C1)N1CCC(CC(=O)NC)CC1. The van der Waals surface area contributed by atoms with Gasteiger partial charge in [-0.2, -0.15) is 0 Å². The number of nitrogens with one attached hydrogen (secondary N) is 2. The van der Waals surface area contributed by atoms with E-state index in [1.165, 1.54) is 0 Å². The Kier molecular flexibility index (Phi) is 9.24. The topological polar surface area (TPSA) is 86.3 Å². The number of hydrogen-bond donors (Lipinski definition) is 2. The third kappa shape index (κ3) is 8.03. The first-order valence-corrected chi connectivity index (χ1v) is 11.4. The molecule has 2 aliphatic heterocycles. The summed E-state index contributed by atoms with van der Waals surface area (Å²) in [5.41, 5.74) is -0.453. The van der Waals surface area contributed by atoms with E-state index in [1.807, 2.05) is 32.7 Å². The van der Waals surface area contributed by atoms with Gasteiger partial charge in [0.25, 0.3) is 0 Å². The first-order valence-electron chi connectivity index (χ1n) is 11.4. The van der Waals surface area contributed by atoms with Crippen LogP contribution in [0.2, 0.25) is 0 Å². The van der Waals surface area contributed by atoms with Gasteiger partial charge in [-0.1, -0.05) is 0 Å². The number of hydrogen-bond acceptors (Lipinski definition) is 4. The lowest BCUT2D eigenvalue weighted by Gasteiger charge is -2.35. The van der Waals surface area contributed by atoms with Crippen molar-refractivity contribution in [2.24, 2.45) is 16.8 Å². The fourth-order valence-corrected chi connectivity index (χ4v) is 4.23. The van der Waals surface area contributed by atoms with E-state index in [0.717, 1.165) is 70.8 Å². The highest BCUT2D eigenvalue weighted by atomic mass is 16.6. The van der Waals surface area contributed by atoms with Crippen molar-refractivity contribution in [1.29, 1.82) is 0 Å². The van der Waals surface area contributed by atoms with E-state index in [4.69, 9.17) is 4.74 Å². The number of carbonyl (C=O) groups excluding carboxylic acids is 2. The second-order valence-electron chi connectivity index (χ2n) is 9.51. The minimum atomic E-state index is -0.453. The van der Waals surface area contributed by atoms with Crippen LogP contribution in [0.25, 0.3) is 0 Å². The third-order valence-corrected chi connectivity index (χ3v) is 5.89. The number of carbonyl (C=O) groups is 2. The minimum Gasteiger partial charge on any atom is -0.444 e. The van der Waals surface area contributed by atoms with Gasteiger partial charge in [-0.3, -0.25) is 9.79 Å². The van der Waals surface area contributed by atoms with Crippen LogP contribution in [-0.2, 0) is 9.53 Å². The fraction of sp³-hybridized carbons (Fsp3) is 0.864. The molecular formula is C22H41N5O3. The van der Waals surface area contributed by atoms with Gasteiger partial charge in [0.15, 0.2) is 5.96 Å². The maximum absolute atomic E-state index is 12.3. The zero-order valence-electron chi connectivity index (χ0n) is 19.5. The molecule has 30 heavy (non-hydrogen) atoms. The van der Waals surface area contributed by atoms with Crippen molar-refractivity contribution in [3.8, 4) is 0 Å². The van der Waals surface area contributed by atoms with Crippen LogP contribution in [0.5, 0.6) is 0 Å². The van der Waals surface area contributed by atoms with Crippen molar-refractivity contribution >= 4 is 18.0 Å². The molecule has 2 N–H and O–H groups in total. The molecule has 8 nitrogen and oxygen atoms in total. The van der Waals surface area contributed by atoms with Crippen molar-refractivity contribution in [3.05, 3.63) is 0 Å². The molecule has 0 radical (unpaired) electrons. The number of amides is 2. The van der Waals surface area contributed by atoms with Crippen molar-refractivity contribution in [2.75, 3.05) is 46.8 Å². The van der Waals surface area contributed by atoms with Crippen molar-refractivity contribution in [3.63, 3.8) is 0 Å². The van der Waals surface area contributed by atoms with Crippen LogP contribution in [0.1, 0.15) is 59.3 Å². The van der Waals surface area contributed by atoms with Crippen LogP contribution >= 0.6 is 0 Å². The molecule has 0 aromatic carbocycles. The average Bonchev–Trinajstić information content (AvgIpc) is 2.71. The highest BCUT2D eigenvalue weighted by molar-refractivity contribution is 5.80. The van der Waals surface area contributed by atoms with Crippen LogP contribution in [0.3, 0.4) is 0 Å². The van der Waals surface area contributed by atoms with Gasteiger partial charge in [0.1, 0.15) is 5.60 Å². The Morgan fingerprint density at radius 1 is 1.07 bits per heavy atom. The molecule has 0 spiro atoms. The van der Waals surface area contributed by atoms with E-state index in [9.17, 15) is 9.59 Å². The second kappa shape index (κ2) is 11.4. The number of likely N-dealkylation sites (tertiary alicyclic amines) is 2. The van der Waals surface area contributed by atoms with E-state index in [0.29, 0.717) is 18.3 Å². The lowest BCUT2D eigenvalue weighted by molar-refractivity contribution is -0.121. The molecular weight excluding hydrogens is 382 g/mol. The van der Waals surface area contributed by atoms with Gasteiger partial charge in [-0.25, -0.2) is 4.79 Å². The van der Waals surface area contributed by atoms with Crippen LogP contribution in [0.15, 0.2) is 4.99 Å². The molecule has 2 amide bonds. The normalized spacial score (nSPS) is 21.4. The smallest absolute Gasteiger partial charge is 0.410 e. The summed E-state index contributed by atoms with van der Waals surface area (Å²) in [6.07, 6.45) is 5.62. The zero-order valence-corrected chi connectivity index (χ0v) is 19.5. The summed E-state index contributed by atoms with van der Waals surface area (Å²) in [4.78, 5) is 32.5. The zero-order chi connectivity index (χ0) is 22.1. The van der Waals surface area contributed by atoms with Gasteiger partial charge in [0, 0.05) is 53.2 Å². The summed E-state index contributed by atoms with van der Waals surface area (Å²) in [5, 5.41) is 6.21. The fourth-order valence-electron chi connectivity index (χ4n) is 4.23. The molecule has 0 bridgehead atoms. The quantitative estimate of drug-likeness (QED) is 0.524. The van der Waals surface area contributed by atoms with Gasteiger partial charge in [-0.15, -0.1) is 0 Å². The Labute approximate surface area is 181 Å². The number of guanidine groups is 1. The lowest BCUT2D eigenvalue weighted by atomic mass is 9.93. The number of rotatable bonds is 5. The van der Waals surface area contributed by atoms with Crippen LogP contribution < -0.4 is 10.6 Å². The molecule has 2 saturated heterocycles. The Hall–Kier alpha value is -1.99. The molecule has 2 aliphatic rings. The maximum Gasteiger partial charge on any atom is 0.410 e. The first-order chi connectivity index (χ1) is 14.2. The average molecular weight is 424 g/mol. The third-order valence-electron chi connectivity index (χ3n) is 5.89. The molecule has 1 unspecified atom stereocenters. The summed E-state index contributed by atoms with van der Waals surface area (Å²) in [6, 6.07) is 0. The highest BCUT2D eigenvalue weighted by Gasteiger charge is 2.28.